The van der Waals surface area contributed by atoms with E-state index in [4.69, 9.17) is 4.42 Å². The van der Waals surface area contributed by atoms with Crippen LogP contribution in [0.15, 0.2) is 22.8 Å². The van der Waals surface area contributed by atoms with Gasteiger partial charge in [0, 0.05) is 24.1 Å². The molecular weight excluding hydrogens is 210 g/mol. The van der Waals surface area contributed by atoms with Crippen molar-refractivity contribution in [2.45, 2.75) is 12.2 Å². The van der Waals surface area contributed by atoms with E-state index in [2.05, 4.69) is 11.8 Å². The van der Waals surface area contributed by atoms with Gasteiger partial charge in [-0.1, -0.05) is 6.92 Å². The number of ketones is 1. The highest BCUT2D eigenvalue weighted by Crippen LogP contribution is 2.17. The fourth-order valence-corrected chi connectivity index (χ4v) is 2.83. The highest BCUT2D eigenvalue weighted by Gasteiger charge is 2.20. The lowest BCUT2D eigenvalue weighted by Crippen LogP contribution is -2.39. The van der Waals surface area contributed by atoms with Crippen LogP contribution in [0.4, 0.5) is 0 Å². The van der Waals surface area contributed by atoms with E-state index in [1.54, 1.807) is 18.4 Å². The molecule has 1 fully saturated rings. The van der Waals surface area contributed by atoms with Crippen molar-refractivity contribution in [3.05, 3.63) is 24.2 Å². The Labute approximate surface area is 93.8 Å². The van der Waals surface area contributed by atoms with Crippen molar-refractivity contribution in [2.24, 2.45) is 0 Å². The third kappa shape index (κ3) is 2.86. The van der Waals surface area contributed by atoms with Crippen molar-refractivity contribution in [3.8, 4) is 0 Å². The van der Waals surface area contributed by atoms with E-state index in [1.807, 2.05) is 11.8 Å². The van der Waals surface area contributed by atoms with Gasteiger partial charge >= 0.3 is 0 Å². The quantitative estimate of drug-likeness (QED) is 0.736. The highest BCUT2D eigenvalue weighted by atomic mass is 32.2. The summed E-state index contributed by atoms with van der Waals surface area (Å²) in [4.78, 5) is 13.9. The molecule has 82 valence electrons. The summed E-state index contributed by atoms with van der Waals surface area (Å²) in [7, 11) is 0. The Morgan fingerprint density at radius 1 is 1.73 bits per heavy atom. The maximum absolute atomic E-state index is 11.7. The van der Waals surface area contributed by atoms with E-state index in [9.17, 15) is 4.79 Å². The second-order valence-corrected chi connectivity index (χ2v) is 5.36. The lowest BCUT2D eigenvalue weighted by Gasteiger charge is -2.29. The Hall–Kier alpha value is -0.740. The van der Waals surface area contributed by atoms with Gasteiger partial charge in [0.1, 0.15) is 0 Å². The van der Waals surface area contributed by atoms with Crippen LogP contribution in [0.25, 0.3) is 0 Å². The summed E-state index contributed by atoms with van der Waals surface area (Å²) in [5.41, 5.74) is 0. The first-order valence-electron chi connectivity index (χ1n) is 5.16. The largest absolute Gasteiger partial charge is 0.461 e. The molecule has 0 radical (unpaired) electrons. The predicted molar refractivity (Wildman–Crippen MR) is 61.4 cm³/mol. The van der Waals surface area contributed by atoms with Crippen LogP contribution in [-0.4, -0.2) is 41.3 Å². The summed E-state index contributed by atoms with van der Waals surface area (Å²) in [6.07, 6.45) is 1.54. The van der Waals surface area contributed by atoms with Crippen molar-refractivity contribution < 1.29 is 9.21 Å². The molecule has 0 amide bonds. The molecule has 1 aliphatic rings. The number of hydrogen-bond acceptors (Lipinski definition) is 4. The SMILES string of the molecule is CC1CN(CC(=O)c2ccco2)CCS1. The standard InChI is InChI=1S/C11H15NO2S/c1-9-7-12(4-6-15-9)8-10(13)11-3-2-5-14-11/h2-3,5,9H,4,6-8H2,1H3. The molecule has 1 unspecified atom stereocenters. The molecule has 1 aromatic rings. The Morgan fingerprint density at radius 3 is 3.27 bits per heavy atom. The van der Waals surface area contributed by atoms with Gasteiger partial charge in [0.25, 0.3) is 0 Å². The molecule has 0 spiro atoms. The van der Waals surface area contributed by atoms with Crippen molar-refractivity contribution >= 4 is 17.5 Å². The number of furan rings is 1. The van der Waals surface area contributed by atoms with Gasteiger partial charge in [-0.15, -0.1) is 0 Å². The molecule has 2 heterocycles. The second kappa shape index (κ2) is 4.86. The second-order valence-electron chi connectivity index (χ2n) is 3.82. The van der Waals surface area contributed by atoms with Crippen LogP contribution in [0.1, 0.15) is 17.5 Å². The molecule has 2 rings (SSSR count). The zero-order valence-electron chi connectivity index (χ0n) is 8.81. The molecule has 1 aliphatic heterocycles. The Kier molecular flexibility index (Phi) is 3.49. The number of thioether (sulfide) groups is 1. The maximum Gasteiger partial charge on any atom is 0.211 e. The van der Waals surface area contributed by atoms with Crippen molar-refractivity contribution in [2.75, 3.05) is 25.4 Å². The zero-order valence-corrected chi connectivity index (χ0v) is 9.63. The normalized spacial score (nSPS) is 22.9. The molecule has 0 aromatic carbocycles. The summed E-state index contributed by atoms with van der Waals surface area (Å²) in [6, 6.07) is 3.48. The minimum absolute atomic E-state index is 0.0825. The lowest BCUT2D eigenvalue weighted by molar-refractivity contribution is 0.0906. The molecule has 0 saturated carbocycles. The number of Topliss-reactive ketones (excluding diaryl/α,β-unsaturated/α-hetero) is 1. The minimum Gasteiger partial charge on any atom is -0.461 e. The number of carbonyl (C=O) groups is 1. The van der Waals surface area contributed by atoms with Gasteiger partial charge in [-0.3, -0.25) is 9.69 Å². The van der Waals surface area contributed by atoms with E-state index in [-0.39, 0.29) is 5.78 Å². The molecule has 3 nitrogen and oxygen atoms in total. The van der Waals surface area contributed by atoms with E-state index < -0.39 is 0 Å². The highest BCUT2D eigenvalue weighted by molar-refractivity contribution is 7.99. The third-order valence-electron chi connectivity index (χ3n) is 2.49. The Morgan fingerprint density at radius 2 is 2.60 bits per heavy atom. The molecule has 1 atom stereocenters. The average Bonchev–Trinajstić information content (AvgIpc) is 2.70. The van der Waals surface area contributed by atoms with Gasteiger partial charge < -0.3 is 4.42 Å². The topological polar surface area (TPSA) is 33.5 Å². The summed E-state index contributed by atoms with van der Waals surface area (Å²) < 4.78 is 5.08. The molecule has 1 saturated heterocycles. The summed E-state index contributed by atoms with van der Waals surface area (Å²) in [5.74, 6) is 1.67. The first-order valence-corrected chi connectivity index (χ1v) is 6.21. The minimum atomic E-state index is 0.0825. The van der Waals surface area contributed by atoms with Crippen LogP contribution in [-0.2, 0) is 0 Å². The number of carbonyl (C=O) groups excluding carboxylic acids is 1. The molecule has 4 heteroatoms. The summed E-state index contributed by atoms with van der Waals surface area (Å²) in [6.45, 7) is 4.69. The van der Waals surface area contributed by atoms with E-state index in [0.717, 1.165) is 18.8 Å². The lowest BCUT2D eigenvalue weighted by atomic mass is 10.2. The predicted octanol–water partition coefficient (Wildman–Crippen LogP) is 1.90. The van der Waals surface area contributed by atoms with Crippen LogP contribution in [0.3, 0.4) is 0 Å². The van der Waals surface area contributed by atoms with Gasteiger partial charge in [0.15, 0.2) is 5.76 Å². The molecular formula is C11H15NO2S. The fraction of sp³-hybridized carbons (Fsp3) is 0.545. The van der Waals surface area contributed by atoms with Gasteiger partial charge in [0.2, 0.25) is 5.78 Å². The Bertz CT molecular complexity index is 323. The van der Waals surface area contributed by atoms with Crippen LogP contribution < -0.4 is 0 Å². The van der Waals surface area contributed by atoms with E-state index >= 15 is 0 Å². The van der Waals surface area contributed by atoms with E-state index in [1.165, 1.54) is 0 Å². The summed E-state index contributed by atoms with van der Waals surface area (Å²) >= 11 is 1.97. The fourth-order valence-electron chi connectivity index (χ4n) is 1.75. The first-order chi connectivity index (χ1) is 7.25. The van der Waals surface area contributed by atoms with Crippen LogP contribution in [0.2, 0.25) is 0 Å². The number of hydrogen-bond donors (Lipinski definition) is 0. The van der Waals surface area contributed by atoms with Gasteiger partial charge in [-0.2, -0.15) is 11.8 Å². The van der Waals surface area contributed by atoms with Gasteiger partial charge in [-0.05, 0) is 12.1 Å². The smallest absolute Gasteiger partial charge is 0.211 e. The maximum atomic E-state index is 11.7. The molecule has 1 aromatic heterocycles. The van der Waals surface area contributed by atoms with Crippen molar-refractivity contribution in [3.63, 3.8) is 0 Å². The van der Waals surface area contributed by atoms with Gasteiger partial charge in [0.05, 0.1) is 12.8 Å². The number of rotatable bonds is 3. The average molecular weight is 225 g/mol. The zero-order chi connectivity index (χ0) is 10.7. The first kappa shape index (κ1) is 10.8. The number of nitrogens with zero attached hydrogens (tertiary/aromatic N) is 1. The monoisotopic (exact) mass is 225 g/mol. The molecule has 15 heavy (non-hydrogen) atoms. The molecule has 0 bridgehead atoms. The van der Waals surface area contributed by atoms with E-state index in [0.29, 0.717) is 17.6 Å². The summed E-state index contributed by atoms with van der Waals surface area (Å²) in [5, 5.41) is 0.628. The molecule has 0 aliphatic carbocycles. The molecule has 0 N–H and O–H groups in total. The van der Waals surface area contributed by atoms with Crippen LogP contribution in [0.5, 0.6) is 0 Å². The van der Waals surface area contributed by atoms with Crippen molar-refractivity contribution in [1.82, 2.24) is 4.90 Å². The third-order valence-corrected chi connectivity index (χ3v) is 3.62. The Balaban J connectivity index is 1.89. The van der Waals surface area contributed by atoms with Crippen LogP contribution in [0, 0.1) is 0 Å². The van der Waals surface area contributed by atoms with Crippen molar-refractivity contribution in [1.29, 1.82) is 0 Å². The van der Waals surface area contributed by atoms with Gasteiger partial charge in [-0.25, -0.2) is 0 Å². The van der Waals surface area contributed by atoms with Crippen LogP contribution >= 0.6 is 11.8 Å².